The van der Waals surface area contributed by atoms with Crippen molar-refractivity contribution in [3.63, 3.8) is 0 Å². The van der Waals surface area contributed by atoms with E-state index in [1.807, 2.05) is 24.3 Å². The molecule has 3 N–H and O–H groups in total. The van der Waals surface area contributed by atoms with Crippen molar-refractivity contribution in [3.05, 3.63) is 82.0 Å². The molecule has 144 valence electrons. The van der Waals surface area contributed by atoms with E-state index in [-0.39, 0.29) is 17.4 Å². The molecule has 2 atom stereocenters. The van der Waals surface area contributed by atoms with Crippen molar-refractivity contribution in [1.82, 2.24) is 20.3 Å². The number of hydrogen-bond acceptors (Lipinski definition) is 6. The number of aromatic amines is 1. The molecule has 7 nitrogen and oxygen atoms in total. The molecule has 0 amide bonds. The Hall–Kier alpha value is -3.19. The Morgan fingerprint density at radius 1 is 1.18 bits per heavy atom. The Morgan fingerprint density at radius 3 is 2.89 bits per heavy atom. The third-order valence-corrected chi connectivity index (χ3v) is 5.06. The van der Waals surface area contributed by atoms with Crippen molar-refractivity contribution in [2.75, 3.05) is 25.5 Å². The Balaban J connectivity index is 1.57. The molecule has 7 heteroatoms. The minimum Gasteiger partial charge on any atom is -0.497 e. The Bertz CT molecular complexity index is 989. The summed E-state index contributed by atoms with van der Waals surface area (Å²) < 4.78 is 5.36. The number of H-pyrrole nitrogens is 1. The first kappa shape index (κ1) is 18.2. The summed E-state index contributed by atoms with van der Waals surface area (Å²) in [6.45, 7) is 2.16. The number of ether oxygens (including phenoxy) is 1. The van der Waals surface area contributed by atoms with Gasteiger partial charge >= 0.3 is 0 Å². The van der Waals surface area contributed by atoms with Crippen molar-refractivity contribution < 1.29 is 4.74 Å². The SMILES string of the molecule is COc1cccc([C@@H]2CNC[C@H]2c2cc(=O)[nH]c(NCc3cccnc3)n2)c1. The van der Waals surface area contributed by atoms with E-state index in [4.69, 9.17) is 9.72 Å². The number of benzene rings is 1. The van der Waals surface area contributed by atoms with Crippen LogP contribution in [0.3, 0.4) is 0 Å². The van der Waals surface area contributed by atoms with Crippen molar-refractivity contribution in [3.8, 4) is 5.75 Å². The monoisotopic (exact) mass is 377 g/mol. The Kier molecular flexibility index (Phi) is 5.34. The molecule has 1 aliphatic rings. The molecule has 0 radical (unpaired) electrons. The van der Waals surface area contributed by atoms with Gasteiger partial charge in [-0.15, -0.1) is 0 Å². The summed E-state index contributed by atoms with van der Waals surface area (Å²) in [5.41, 5.74) is 2.83. The summed E-state index contributed by atoms with van der Waals surface area (Å²) in [7, 11) is 1.67. The van der Waals surface area contributed by atoms with Gasteiger partial charge in [0, 0.05) is 49.9 Å². The maximum absolute atomic E-state index is 12.2. The van der Waals surface area contributed by atoms with E-state index in [1.54, 1.807) is 25.6 Å². The number of nitrogens with zero attached hydrogens (tertiary/aromatic N) is 2. The average Bonchev–Trinajstić information content (AvgIpc) is 3.23. The number of anilines is 1. The quantitative estimate of drug-likeness (QED) is 0.610. The second-order valence-corrected chi connectivity index (χ2v) is 6.88. The van der Waals surface area contributed by atoms with Gasteiger partial charge in [0.25, 0.3) is 5.56 Å². The smallest absolute Gasteiger partial charge is 0.252 e. The van der Waals surface area contributed by atoms with Crippen molar-refractivity contribution >= 4 is 5.95 Å². The number of pyridine rings is 1. The standard InChI is InChI=1S/C21H23N5O2/c1-28-16-6-2-5-15(8-16)17-12-23-13-18(17)19-9-20(27)26-21(25-19)24-11-14-4-3-7-22-10-14/h2-10,17-18,23H,11-13H2,1H3,(H2,24,25,26,27)/t17-,18+/m0/s1. The number of methoxy groups -OCH3 is 1. The molecule has 0 aliphatic carbocycles. The second-order valence-electron chi connectivity index (χ2n) is 6.88. The lowest BCUT2D eigenvalue weighted by atomic mass is 9.86. The largest absolute Gasteiger partial charge is 0.497 e. The maximum atomic E-state index is 12.2. The van der Waals surface area contributed by atoms with Crippen molar-refractivity contribution in [2.45, 2.75) is 18.4 Å². The zero-order chi connectivity index (χ0) is 19.3. The van der Waals surface area contributed by atoms with Crippen LogP contribution in [0.1, 0.15) is 28.7 Å². The van der Waals surface area contributed by atoms with E-state index in [0.29, 0.717) is 12.5 Å². The highest BCUT2D eigenvalue weighted by Gasteiger charge is 2.31. The summed E-state index contributed by atoms with van der Waals surface area (Å²) in [4.78, 5) is 23.8. The molecule has 3 aromatic rings. The molecule has 0 spiro atoms. The molecule has 4 rings (SSSR count). The van der Waals surface area contributed by atoms with Gasteiger partial charge in [-0.25, -0.2) is 4.98 Å². The zero-order valence-corrected chi connectivity index (χ0v) is 15.7. The van der Waals surface area contributed by atoms with Crippen LogP contribution in [0.5, 0.6) is 5.75 Å². The lowest BCUT2D eigenvalue weighted by molar-refractivity contribution is 0.413. The average molecular weight is 377 g/mol. The Morgan fingerprint density at radius 2 is 2.07 bits per heavy atom. The van der Waals surface area contributed by atoms with Crippen LogP contribution >= 0.6 is 0 Å². The van der Waals surface area contributed by atoms with E-state index in [9.17, 15) is 4.79 Å². The molecule has 0 saturated carbocycles. The highest BCUT2D eigenvalue weighted by atomic mass is 16.5. The lowest BCUT2D eigenvalue weighted by Gasteiger charge is -2.19. The fourth-order valence-corrected chi connectivity index (χ4v) is 3.65. The van der Waals surface area contributed by atoms with Gasteiger partial charge in [-0.3, -0.25) is 14.8 Å². The number of rotatable bonds is 6. The van der Waals surface area contributed by atoms with Gasteiger partial charge < -0.3 is 15.4 Å². The fourth-order valence-electron chi connectivity index (χ4n) is 3.65. The molecule has 1 saturated heterocycles. The van der Waals surface area contributed by atoms with Gasteiger partial charge in [0.15, 0.2) is 0 Å². The molecule has 2 aromatic heterocycles. The van der Waals surface area contributed by atoms with Crippen LogP contribution in [0, 0.1) is 0 Å². The maximum Gasteiger partial charge on any atom is 0.252 e. The van der Waals surface area contributed by atoms with Gasteiger partial charge in [-0.05, 0) is 29.3 Å². The topological polar surface area (TPSA) is 91.9 Å². The minimum atomic E-state index is -0.157. The van der Waals surface area contributed by atoms with E-state index in [1.165, 1.54) is 5.56 Å². The molecule has 0 unspecified atom stereocenters. The van der Waals surface area contributed by atoms with Crippen LogP contribution in [0.25, 0.3) is 0 Å². The van der Waals surface area contributed by atoms with Crippen LogP contribution in [0.2, 0.25) is 0 Å². The fraction of sp³-hybridized carbons (Fsp3) is 0.286. The van der Waals surface area contributed by atoms with E-state index in [2.05, 4.69) is 32.7 Å². The molecule has 1 fully saturated rings. The van der Waals surface area contributed by atoms with Crippen molar-refractivity contribution in [1.29, 1.82) is 0 Å². The van der Waals surface area contributed by atoms with Crippen LogP contribution in [0.15, 0.2) is 59.7 Å². The van der Waals surface area contributed by atoms with Gasteiger partial charge in [-0.2, -0.15) is 0 Å². The minimum absolute atomic E-state index is 0.119. The summed E-state index contributed by atoms with van der Waals surface area (Å²) in [6, 6.07) is 13.5. The third-order valence-electron chi connectivity index (χ3n) is 5.06. The van der Waals surface area contributed by atoms with Crippen LogP contribution in [0.4, 0.5) is 5.95 Å². The predicted molar refractivity (Wildman–Crippen MR) is 108 cm³/mol. The van der Waals surface area contributed by atoms with Gasteiger partial charge in [0.2, 0.25) is 5.95 Å². The predicted octanol–water partition coefficient (Wildman–Crippen LogP) is 2.26. The summed E-state index contributed by atoms with van der Waals surface area (Å²) >= 11 is 0. The second kappa shape index (κ2) is 8.22. The van der Waals surface area contributed by atoms with E-state index < -0.39 is 0 Å². The highest BCUT2D eigenvalue weighted by Crippen LogP contribution is 2.36. The molecule has 0 bridgehead atoms. The molecular formula is C21H23N5O2. The summed E-state index contributed by atoms with van der Waals surface area (Å²) in [5.74, 6) is 1.66. The van der Waals surface area contributed by atoms with Crippen LogP contribution in [-0.2, 0) is 6.54 Å². The van der Waals surface area contributed by atoms with E-state index in [0.717, 1.165) is 30.1 Å². The number of hydrogen-bond donors (Lipinski definition) is 3. The zero-order valence-electron chi connectivity index (χ0n) is 15.7. The van der Waals surface area contributed by atoms with Crippen LogP contribution in [-0.4, -0.2) is 35.2 Å². The van der Waals surface area contributed by atoms with Gasteiger partial charge in [0.05, 0.1) is 12.8 Å². The first-order valence-corrected chi connectivity index (χ1v) is 9.31. The summed E-state index contributed by atoms with van der Waals surface area (Å²) in [5, 5.41) is 6.62. The van der Waals surface area contributed by atoms with Gasteiger partial charge in [-0.1, -0.05) is 18.2 Å². The molecule has 1 aromatic carbocycles. The number of aromatic nitrogens is 3. The first-order valence-electron chi connectivity index (χ1n) is 9.31. The Labute approximate surface area is 163 Å². The van der Waals surface area contributed by atoms with E-state index >= 15 is 0 Å². The summed E-state index contributed by atoms with van der Waals surface area (Å²) in [6.07, 6.45) is 3.52. The molecule has 28 heavy (non-hydrogen) atoms. The van der Waals surface area contributed by atoms with Crippen molar-refractivity contribution in [2.24, 2.45) is 0 Å². The van der Waals surface area contributed by atoms with Crippen LogP contribution < -0.4 is 20.9 Å². The normalized spacial score (nSPS) is 18.8. The highest BCUT2D eigenvalue weighted by molar-refractivity contribution is 5.36. The molecule has 3 heterocycles. The first-order chi connectivity index (χ1) is 13.7. The molecular weight excluding hydrogens is 354 g/mol. The van der Waals surface area contributed by atoms with Gasteiger partial charge in [0.1, 0.15) is 5.75 Å². The molecule has 1 aliphatic heterocycles. The third kappa shape index (κ3) is 4.04. The number of nitrogens with one attached hydrogen (secondary N) is 3. The lowest BCUT2D eigenvalue weighted by Crippen LogP contribution is -2.18.